The number of likely N-dealkylation sites (tertiary alicyclic amines) is 1. The first kappa shape index (κ1) is 11.9. The molecule has 0 aromatic heterocycles. The van der Waals surface area contributed by atoms with Gasteiger partial charge in [0.05, 0.1) is 0 Å². The lowest BCUT2D eigenvalue weighted by molar-refractivity contribution is -0.125. The van der Waals surface area contributed by atoms with E-state index >= 15 is 0 Å². The summed E-state index contributed by atoms with van der Waals surface area (Å²) in [4.78, 5) is 14.2. The Hall–Kier alpha value is -0.610. The molecule has 2 rings (SSSR count). The molecule has 4 heteroatoms. The molecule has 2 aliphatic rings. The highest BCUT2D eigenvalue weighted by atomic mass is 16.1. The van der Waals surface area contributed by atoms with Gasteiger partial charge in [-0.1, -0.05) is 0 Å². The fourth-order valence-corrected chi connectivity index (χ4v) is 2.84. The summed E-state index contributed by atoms with van der Waals surface area (Å²) in [5.41, 5.74) is 5.81. The molecule has 3 atom stereocenters. The molecule has 1 aliphatic carbocycles. The number of hydrogen-bond acceptors (Lipinski definition) is 3. The molecular formula is C12H23N3O. The molecule has 1 heterocycles. The molecule has 3 N–H and O–H groups in total. The molecule has 2 fully saturated rings. The third-order valence-corrected chi connectivity index (χ3v) is 3.90. The van der Waals surface area contributed by atoms with E-state index in [2.05, 4.69) is 17.3 Å². The maximum atomic E-state index is 11.8. The van der Waals surface area contributed by atoms with Gasteiger partial charge in [-0.2, -0.15) is 0 Å². The van der Waals surface area contributed by atoms with Crippen LogP contribution in [0.2, 0.25) is 0 Å². The first-order valence-electron chi connectivity index (χ1n) is 6.37. The van der Waals surface area contributed by atoms with Crippen LogP contribution in [0.1, 0.15) is 25.7 Å². The molecule has 0 aromatic rings. The maximum Gasteiger partial charge on any atom is 0.223 e. The molecule has 3 unspecified atom stereocenters. The topological polar surface area (TPSA) is 58.4 Å². The van der Waals surface area contributed by atoms with E-state index in [0.29, 0.717) is 5.92 Å². The quantitative estimate of drug-likeness (QED) is 0.720. The highest BCUT2D eigenvalue weighted by Crippen LogP contribution is 2.24. The SMILES string of the molecule is CN1CCC(CNC(=O)C2CCC(N)C2)C1. The van der Waals surface area contributed by atoms with Crippen LogP contribution in [0.4, 0.5) is 0 Å². The first-order chi connectivity index (χ1) is 7.65. The normalized spacial score (nSPS) is 35.5. The second kappa shape index (κ2) is 5.15. The van der Waals surface area contributed by atoms with Crippen LogP contribution in [-0.2, 0) is 4.79 Å². The van der Waals surface area contributed by atoms with E-state index in [4.69, 9.17) is 5.73 Å². The van der Waals surface area contributed by atoms with Crippen LogP contribution < -0.4 is 11.1 Å². The Kier molecular flexibility index (Phi) is 3.82. The summed E-state index contributed by atoms with van der Waals surface area (Å²) in [5, 5.41) is 3.09. The van der Waals surface area contributed by atoms with Gasteiger partial charge in [0.15, 0.2) is 0 Å². The molecule has 1 aliphatic heterocycles. The molecular weight excluding hydrogens is 202 g/mol. The summed E-state index contributed by atoms with van der Waals surface area (Å²) in [7, 11) is 2.14. The van der Waals surface area contributed by atoms with Crippen LogP contribution in [0.3, 0.4) is 0 Å². The van der Waals surface area contributed by atoms with Crippen molar-refractivity contribution in [3.8, 4) is 0 Å². The van der Waals surface area contributed by atoms with Gasteiger partial charge in [0, 0.05) is 25.0 Å². The second-order valence-corrected chi connectivity index (χ2v) is 5.43. The largest absolute Gasteiger partial charge is 0.356 e. The van der Waals surface area contributed by atoms with Crippen LogP contribution in [0, 0.1) is 11.8 Å². The van der Waals surface area contributed by atoms with Crippen LogP contribution in [0.15, 0.2) is 0 Å². The predicted octanol–water partition coefficient (Wildman–Crippen LogP) is 0.182. The number of nitrogens with two attached hydrogens (primary N) is 1. The van der Waals surface area contributed by atoms with Gasteiger partial charge in [-0.05, 0) is 45.2 Å². The van der Waals surface area contributed by atoms with Gasteiger partial charge in [0.25, 0.3) is 0 Å². The minimum atomic E-state index is 0.175. The van der Waals surface area contributed by atoms with Crippen molar-refractivity contribution in [3.63, 3.8) is 0 Å². The second-order valence-electron chi connectivity index (χ2n) is 5.43. The predicted molar refractivity (Wildman–Crippen MR) is 63.9 cm³/mol. The lowest BCUT2D eigenvalue weighted by atomic mass is 10.1. The van der Waals surface area contributed by atoms with Gasteiger partial charge >= 0.3 is 0 Å². The highest BCUT2D eigenvalue weighted by molar-refractivity contribution is 5.79. The minimum Gasteiger partial charge on any atom is -0.356 e. The van der Waals surface area contributed by atoms with E-state index < -0.39 is 0 Å². The maximum absolute atomic E-state index is 11.8. The zero-order valence-corrected chi connectivity index (χ0v) is 10.1. The monoisotopic (exact) mass is 225 g/mol. The minimum absolute atomic E-state index is 0.175. The fourth-order valence-electron chi connectivity index (χ4n) is 2.84. The molecule has 0 bridgehead atoms. The number of amides is 1. The Bertz CT molecular complexity index is 257. The number of hydrogen-bond donors (Lipinski definition) is 2. The first-order valence-corrected chi connectivity index (χ1v) is 6.37. The molecule has 16 heavy (non-hydrogen) atoms. The Morgan fingerprint density at radius 2 is 2.25 bits per heavy atom. The molecule has 1 saturated carbocycles. The summed E-state index contributed by atoms with van der Waals surface area (Å²) in [5.74, 6) is 1.04. The number of carbonyl (C=O) groups is 1. The van der Waals surface area contributed by atoms with E-state index in [1.807, 2.05) is 0 Å². The number of carbonyl (C=O) groups excluding carboxylic acids is 1. The highest BCUT2D eigenvalue weighted by Gasteiger charge is 2.28. The summed E-state index contributed by atoms with van der Waals surface area (Å²) in [6, 6.07) is 0.244. The molecule has 0 aromatic carbocycles. The van der Waals surface area contributed by atoms with Crippen molar-refractivity contribution >= 4 is 5.91 Å². The van der Waals surface area contributed by atoms with Crippen molar-refractivity contribution in [3.05, 3.63) is 0 Å². The number of nitrogens with one attached hydrogen (secondary N) is 1. The van der Waals surface area contributed by atoms with Crippen molar-refractivity contribution in [2.75, 3.05) is 26.7 Å². The third-order valence-electron chi connectivity index (χ3n) is 3.90. The van der Waals surface area contributed by atoms with Crippen LogP contribution in [0.25, 0.3) is 0 Å². The number of rotatable bonds is 3. The van der Waals surface area contributed by atoms with Crippen molar-refractivity contribution in [1.29, 1.82) is 0 Å². The molecule has 4 nitrogen and oxygen atoms in total. The summed E-state index contributed by atoms with van der Waals surface area (Å²) >= 11 is 0. The molecule has 0 spiro atoms. The average Bonchev–Trinajstić information content (AvgIpc) is 2.84. The van der Waals surface area contributed by atoms with E-state index in [1.165, 1.54) is 6.42 Å². The number of nitrogens with zero attached hydrogens (tertiary/aromatic N) is 1. The smallest absolute Gasteiger partial charge is 0.223 e. The Morgan fingerprint density at radius 1 is 1.44 bits per heavy atom. The van der Waals surface area contributed by atoms with Crippen LogP contribution in [-0.4, -0.2) is 43.5 Å². The molecule has 0 radical (unpaired) electrons. The van der Waals surface area contributed by atoms with Gasteiger partial charge in [0.2, 0.25) is 5.91 Å². The summed E-state index contributed by atoms with van der Waals surface area (Å²) in [6.45, 7) is 3.12. The van der Waals surface area contributed by atoms with Gasteiger partial charge < -0.3 is 16.0 Å². The Balaban J connectivity index is 1.68. The molecule has 1 amide bonds. The third kappa shape index (κ3) is 2.95. The van der Waals surface area contributed by atoms with E-state index in [9.17, 15) is 4.79 Å². The van der Waals surface area contributed by atoms with Gasteiger partial charge in [0.1, 0.15) is 0 Å². The van der Waals surface area contributed by atoms with Gasteiger partial charge in [-0.3, -0.25) is 4.79 Å². The molecule has 1 saturated heterocycles. The van der Waals surface area contributed by atoms with Gasteiger partial charge in [-0.15, -0.1) is 0 Å². The average molecular weight is 225 g/mol. The van der Waals surface area contributed by atoms with Crippen LogP contribution >= 0.6 is 0 Å². The van der Waals surface area contributed by atoms with E-state index in [1.54, 1.807) is 0 Å². The summed E-state index contributed by atoms with van der Waals surface area (Å²) in [6.07, 6.45) is 4.05. The van der Waals surface area contributed by atoms with Gasteiger partial charge in [-0.25, -0.2) is 0 Å². The van der Waals surface area contributed by atoms with Crippen molar-refractivity contribution in [2.45, 2.75) is 31.7 Å². The van der Waals surface area contributed by atoms with E-state index in [0.717, 1.165) is 38.9 Å². The van der Waals surface area contributed by atoms with Crippen molar-refractivity contribution in [1.82, 2.24) is 10.2 Å². The molecule has 92 valence electrons. The standard InChI is InChI=1S/C12H23N3O/c1-15-5-4-9(8-15)7-14-12(16)10-2-3-11(13)6-10/h9-11H,2-8,13H2,1H3,(H,14,16). The lowest BCUT2D eigenvalue weighted by Crippen LogP contribution is -2.34. The summed E-state index contributed by atoms with van der Waals surface area (Å²) < 4.78 is 0. The van der Waals surface area contributed by atoms with Crippen molar-refractivity contribution < 1.29 is 4.79 Å². The zero-order chi connectivity index (χ0) is 11.5. The van der Waals surface area contributed by atoms with Crippen molar-refractivity contribution in [2.24, 2.45) is 17.6 Å². The fraction of sp³-hybridized carbons (Fsp3) is 0.917. The Labute approximate surface area is 97.6 Å². The Morgan fingerprint density at radius 3 is 2.81 bits per heavy atom. The van der Waals surface area contributed by atoms with Crippen LogP contribution in [0.5, 0.6) is 0 Å². The van der Waals surface area contributed by atoms with E-state index in [-0.39, 0.29) is 17.9 Å². The lowest BCUT2D eigenvalue weighted by Gasteiger charge is -2.14. The zero-order valence-electron chi connectivity index (χ0n) is 10.1.